The number of rotatable bonds is 5. The van der Waals surface area contributed by atoms with Crippen LogP contribution in [0.1, 0.15) is 30.3 Å². The molecule has 18 heavy (non-hydrogen) atoms. The molecule has 0 fully saturated rings. The summed E-state index contributed by atoms with van der Waals surface area (Å²) in [6.07, 6.45) is 1.10. The van der Waals surface area contributed by atoms with Crippen molar-refractivity contribution in [2.45, 2.75) is 32.4 Å². The van der Waals surface area contributed by atoms with Gasteiger partial charge in [-0.3, -0.25) is 0 Å². The molecule has 1 aromatic carbocycles. The highest BCUT2D eigenvalue weighted by atomic mass is 79.9. The predicted octanol–water partition coefficient (Wildman–Crippen LogP) is 4.79. The summed E-state index contributed by atoms with van der Waals surface area (Å²) in [5.41, 5.74) is 1.33. The van der Waals surface area contributed by atoms with E-state index in [1.54, 1.807) is 0 Å². The van der Waals surface area contributed by atoms with Crippen molar-refractivity contribution in [2.75, 3.05) is 0 Å². The summed E-state index contributed by atoms with van der Waals surface area (Å²) in [7, 11) is 0. The lowest BCUT2D eigenvalue weighted by atomic mass is 10.1. The Balaban J connectivity index is 1.90. The van der Waals surface area contributed by atoms with Gasteiger partial charge in [-0.25, -0.2) is 0 Å². The first kappa shape index (κ1) is 13.8. The maximum atomic E-state index is 3.65. The summed E-state index contributed by atoms with van der Waals surface area (Å²) in [6.45, 7) is 4.46. The van der Waals surface area contributed by atoms with Crippen LogP contribution in [0.15, 0.2) is 46.3 Å². The minimum atomic E-state index is 0.382. The first-order chi connectivity index (χ1) is 8.65. The topological polar surface area (TPSA) is 12.0 Å². The van der Waals surface area contributed by atoms with Crippen molar-refractivity contribution in [1.82, 2.24) is 5.32 Å². The molecular formula is C15H18BrNS. The van der Waals surface area contributed by atoms with E-state index < -0.39 is 0 Å². The van der Waals surface area contributed by atoms with E-state index in [-0.39, 0.29) is 0 Å². The van der Waals surface area contributed by atoms with Crippen LogP contribution in [0.3, 0.4) is 0 Å². The van der Waals surface area contributed by atoms with Crippen LogP contribution in [0, 0.1) is 0 Å². The molecule has 1 N–H and O–H groups in total. The van der Waals surface area contributed by atoms with Gasteiger partial charge in [0.15, 0.2) is 0 Å². The Morgan fingerprint density at radius 2 is 1.89 bits per heavy atom. The van der Waals surface area contributed by atoms with Crippen LogP contribution in [0.2, 0.25) is 0 Å². The highest BCUT2D eigenvalue weighted by Gasteiger charge is 2.10. The SMILES string of the molecule is CC(Cc1cccs1)NC(C)c1ccc(Br)cc1. The zero-order chi connectivity index (χ0) is 13.0. The molecule has 2 rings (SSSR count). The summed E-state index contributed by atoms with van der Waals surface area (Å²) in [5, 5.41) is 5.78. The van der Waals surface area contributed by atoms with Crippen LogP contribution in [0.4, 0.5) is 0 Å². The van der Waals surface area contributed by atoms with Gasteiger partial charge in [0.2, 0.25) is 0 Å². The third-order valence-electron chi connectivity index (χ3n) is 2.99. The van der Waals surface area contributed by atoms with Gasteiger partial charge in [0.05, 0.1) is 0 Å². The highest BCUT2D eigenvalue weighted by Crippen LogP contribution is 2.18. The lowest BCUT2D eigenvalue weighted by Gasteiger charge is -2.20. The number of nitrogens with one attached hydrogen (secondary N) is 1. The van der Waals surface area contributed by atoms with Gasteiger partial charge in [-0.05, 0) is 49.4 Å². The summed E-state index contributed by atoms with van der Waals surface area (Å²) in [6, 6.07) is 13.7. The molecule has 0 saturated heterocycles. The first-order valence-electron chi connectivity index (χ1n) is 6.19. The second-order valence-electron chi connectivity index (χ2n) is 4.62. The van der Waals surface area contributed by atoms with Crippen LogP contribution < -0.4 is 5.32 Å². The minimum Gasteiger partial charge on any atom is -0.307 e. The van der Waals surface area contributed by atoms with Crippen LogP contribution in [-0.2, 0) is 6.42 Å². The minimum absolute atomic E-state index is 0.382. The van der Waals surface area contributed by atoms with Crippen molar-refractivity contribution in [3.8, 4) is 0 Å². The molecule has 0 aliphatic rings. The van der Waals surface area contributed by atoms with E-state index >= 15 is 0 Å². The summed E-state index contributed by atoms with van der Waals surface area (Å²) >= 11 is 5.30. The molecule has 1 nitrogen and oxygen atoms in total. The average Bonchev–Trinajstić information content (AvgIpc) is 2.82. The molecule has 0 bridgehead atoms. The Morgan fingerprint density at radius 1 is 1.17 bits per heavy atom. The number of hydrogen-bond donors (Lipinski definition) is 1. The number of thiophene rings is 1. The molecule has 1 aromatic heterocycles. The molecule has 2 atom stereocenters. The smallest absolute Gasteiger partial charge is 0.0294 e. The van der Waals surface area contributed by atoms with E-state index in [4.69, 9.17) is 0 Å². The maximum Gasteiger partial charge on any atom is 0.0294 e. The molecule has 2 aromatic rings. The maximum absolute atomic E-state index is 3.65. The van der Waals surface area contributed by atoms with E-state index in [9.17, 15) is 0 Å². The Hall–Kier alpha value is -0.640. The monoisotopic (exact) mass is 323 g/mol. The van der Waals surface area contributed by atoms with Crippen molar-refractivity contribution in [3.05, 3.63) is 56.7 Å². The van der Waals surface area contributed by atoms with E-state index in [0.29, 0.717) is 12.1 Å². The lowest BCUT2D eigenvalue weighted by molar-refractivity contribution is 0.479. The van der Waals surface area contributed by atoms with Gasteiger partial charge in [-0.1, -0.05) is 34.1 Å². The average molecular weight is 324 g/mol. The van der Waals surface area contributed by atoms with Crippen molar-refractivity contribution in [2.24, 2.45) is 0 Å². The molecule has 0 aliphatic heterocycles. The number of halogens is 1. The van der Waals surface area contributed by atoms with E-state index in [0.717, 1.165) is 10.9 Å². The Kier molecular flexibility index (Phi) is 4.98. The molecule has 0 saturated carbocycles. The Bertz CT molecular complexity index is 464. The van der Waals surface area contributed by atoms with E-state index in [1.807, 2.05) is 11.3 Å². The van der Waals surface area contributed by atoms with Gasteiger partial charge < -0.3 is 5.32 Å². The van der Waals surface area contributed by atoms with Gasteiger partial charge in [-0.2, -0.15) is 0 Å². The van der Waals surface area contributed by atoms with Gasteiger partial charge in [0.25, 0.3) is 0 Å². The summed E-state index contributed by atoms with van der Waals surface area (Å²) in [5.74, 6) is 0. The zero-order valence-corrected chi connectivity index (χ0v) is 13.1. The molecule has 0 aliphatic carbocycles. The third kappa shape index (κ3) is 3.94. The van der Waals surface area contributed by atoms with Crippen molar-refractivity contribution in [3.63, 3.8) is 0 Å². The van der Waals surface area contributed by atoms with Crippen LogP contribution in [0.5, 0.6) is 0 Å². The normalized spacial score (nSPS) is 14.4. The fraction of sp³-hybridized carbons (Fsp3) is 0.333. The fourth-order valence-corrected chi connectivity index (χ4v) is 3.16. The second-order valence-corrected chi connectivity index (χ2v) is 6.57. The molecule has 2 unspecified atom stereocenters. The van der Waals surface area contributed by atoms with Gasteiger partial charge in [0.1, 0.15) is 0 Å². The second kappa shape index (κ2) is 6.50. The molecule has 3 heteroatoms. The van der Waals surface area contributed by atoms with Crippen LogP contribution >= 0.6 is 27.3 Å². The molecule has 0 spiro atoms. The number of hydrogen-bond acceptors (Lipinski definition) is 2. The molecule has 1 heterocycles. The summed E-state index contributed by atoms with van der Waals surface area (Å²) < 4.78 is 1.13. The molecular weight excluding hydrogens is 306 g/mol. The third-order valence-corrected chi connectivity index (χ3v) is 4.42. The van der Waals surface area contributed by atoms with Crippen molar-refractivity contribution >= 4 is 27.3 Å². The molecule has 96 valence electrons. The van der Waals surface area contributed by atoms with Gasteiger partial charge in [0, 0.05) is 21.4 Å². The van der Waals surface area contributed by atoms with Gasteiger partial charge in [-0.15, -0.1) is 11.3 Å². The Morgan fingerprint density at radius 3 is 2.50 bits per heavy atom. The molecule has 0 amide bonds. The van der Waals surface area contributed by atoms with Crippen molar-refractivity contribution < 1.29 is 0 Å². The van der Waals surface area contributed by atoms with Crippen molar-refractivity contribution in [1.29, 1.82) is 0 Å². The largest absolute Gasteiger partial charge is 0.307 e. The fourth-order valence-electron chi connectivity index (χ4n) is 2.06. The van der Waals surface area contributed by atoms with E-state index in [1.165, 1.54) is 10.4 Å². The first-order valence-corrected chi connectivity index (χ1v) is 7.86. The van der Waals surface area contributed by atoms with Crippen LogP contribution in [-0.4, -0.2) is 6.04 Å². The van der Waals surface area contributed by atoms with E-state index in [2.05, 4.69) is 76.9 Å². The summed E-state index contributed by atoms with van der Waals surface area (Å²) in [4.78, 5) is 1.44. The predicted molar refractivity (Wildman–Crippen MR) is 83.2 cm³/mol. The molecule has 0 radical (unpaired) electrons. The Labute approximate surface area is 121 Å². The zero-order valence-electron chi connectivity index (χ0n) is 10.7. The van der Waals surface area contributed by atoms with Crippen LogP contribution in [0.25, 0.3) is 0 Å². The number of benzene rings is 1. The van der Waals surface area contributed by atoms with Gasteiger partial charge >= 0.3 is 0 Å². The standard InChI is InChI=1S/C15H18BrNS/c1-11(10-15-4-3-9-18-15)17-12(2)13-5-7-14(16)8-6-13/h3-9,11-12,17H,10H2,1-2H3. The highest BCUT2D eigenvalue weighted by molar-refractivity contribution is 9.10. The lowest BCUT2D eigenvalue weighted by Crippen LogP contribution is -2.30. The quantitative estimate of drug-likeness (QED) is 0.833.